The first kappa shape index (κ1) is 15.6. The average Bonchev–Trinajstić information content (AvgIpc) is 3.09. The molecule has 0 radical (unpaired) electrons. The van der Waals surface area contributed by atoms with Gasteiger partial charge in [0.15, 0.2) is 0 Å². The van der Waals surface area contributed by atoms with E-state index in [2.05, 4.69) is 15.7 Å². The van der Waals surface area contributed by atoms with Gasteiger partial charge in [0.1, 0.15) is 0 Å². The smallest absolute Gasteiger partial charge is 0.327 e. The Morgan fingerprint density at radius 1 is 1.39 bits per heavy atom. The van der Waals surface area contributed by atoms with Crippen molar-refractivity contribution >= 4 is 11.9 Å². The molecule has 3 amide bonds. The number of aromatic nitrogens is 2. The molecule has 23 heavy (non-hydrogen) atoms. The van der Waals surface area contributed by atoms with Crippen molar-refractivity contribution in [1.29, 1.82) is 0 Å². The molecule has 1 aliphatic carbocycles. The van der Waals surface area contributed by atoms with Crippen LogP contribution in [0.1, 0.15) is 45.3 Å². The number of carbonyl (C=O) groups excluding carboxylic acids is 2. The second-order valence-electron chi connectivity index (χ2n) is 6.20. The van der Waals surface area contributed by atoms with E-state index >= 15 is 0 Å². The van der Waals surface area contributed by atoms with Crippen molar-refractivity contribution in [1.82, 2.24) is 25.3 Å². The van der Waals surface area contributed by atoms with Crippen LogP contribution >= 0.6 is 0 Å². The Hall–Kier alpha value is -2.31. The van der Waals surface area contributed by atoms with Gasteiger partial charge in [-0.25, -0.2) is 14.4 Å². The molecule has 0 aromatic carbocycles. The quantitative estimate of drug-likeness (QED) is 0.893. The van der Waals surface area contributed by atoms with E-state index in [4.69, 9.17) is 0 Å². The molecule has 2 heterocycles. The Labute approximate surface area is 135 Å². The Bertz CT molecular complexity index is 577. The van der Waals surface area contributed by atoms with Crippen LogP contribution in [0.4, 0.5) is 4.79 Å². The third-order valence-corrected chi connectivity index (χ3v) is 4.66. The molecule has 1 aromatic rings. The Morgan fingerprint density at radius 2 is 2.17 bits per heavy atom. The van der Waals surface area contributed by atoms with E-state index in [0.717, 1.165) is 12.8 Å². The fourth-order valence-corrected chi connectivity index (χ4v) is 3.33. The molecule has 1 unspecified atom stereocenters. The van der Waals surface area contributed by atoms with Gasteiger partial charge in [0.25, 0.3) is 5.91 Å². The van der Waals surface area contributed by atoms with E-state index < -0.39 is 6.29 Å². The molecule has 2 N–H and O–H groups in total. The Balaban J connectivity index is 1.70. The van der Waals surface area contributed by atoms with Crippen LogP contribution in [-0.2, 0) is 4.79 Å². The zero-order valence-electron chi connectivity index (χ0n) is 13.3. The molecule has 2 atom stereocenters. The molecule has 7 heteroatoms. The molecule has 3 rings (SSSR count). The molecular formula is C16H23N5O2. The molecular weight excluding hydrogens is 294 g/mol. The monoisotopic (exact) mass is 317 g/mol. The molecule has 0 bridgehead atoms. The Kier molecular flexibility index (Phi) is 4.64. The summed E-state index contributed by atoms with van der Waals surface area (Å²) in [4.78, 5) is 26.0. The number of hydrogen-bond acceptors (Lipinski definition) is 4. The number of hydrogen-bond donors (Lipinski definition) is 2. The van der Waals surface area contributed by atoms with E-state index in [9.17, 15) is 9.59 Å². The molecule has 7 nitrogen and oxygen atoms in total. The van der Waals surface area contributed by atoms with Gasteiger partial charge in [0, 0.05) is 30.7 Å². The first-order valence-electron chi connectivity index (χ1n) is 8.22. The summed E-state index contributed by atoms with van der Waals surface area (Å²) in [6.07, 6.45) is 11.6. The summed E-state index contributed by atoms with van der Waals surface area (Å²) >= 11 is 0. The van der Waals surface area contributed by atoms with Gasteiger partial charge in [-0.2, -0.15) is 5.10 Å². The van der Waals surface area contributed by atoms with Crippen LogP contribution in [0.2, 0.25) is 0 Å². The summed E-state index contributed by atoms with van der Waals surface area (Å²) < 4.78 is 1.55. The van der Waals surface area contributed by atoms with Gasteiger partial charge in [-0.15, -0.1) is 0 Å². The minimum absolute atomic E-state index is 0.0553. The second kappa shape index (κ2) is 6.85. The first-order chi connectivity index (χ1) is 11.2. The van der Waals surface area contributed by atoms with Crippen molar-refractivity contribution in [3.05, 3.63) is 30.7 Å². The number of amides is 3. The van der Waals surface area contributed by atoms with Gasteiger partial charge in [0.2, 0.25) is 6.29 Å². The van der Waals surface area contributed by atoms with Crippen molar-refractivity contribution in [3.63, 3.8) is 0 Å². The van der Waals surface area contributed by atoms with Crippen LogP contribution in [0.15, 0.2) is 30.7 Å². The highest BCUT2D eigenvalue weighted by Gasteiger charge is 2.33. The van der Waals surface area contributed by atoms with E-state index in [-0.39, 0.29) is 18.0 Å². The molecule has 1 fully saturated rings. The third kappa shape index (κ3) is 3.38. The number of nitrogens with zero attached hydrogens (tertiary/aromatic N) is 3. The van der Waals surface area contributed by atoms with E-state index in [1.807, 2.05) is 6.92 Å². The normalized spacial score (nSPS) is 23.4. The Morgan fingerprint density at radius 3 is 2.87 bits per heavy atom. The zero-order valence-corrected chi connectivity index (χ0v) is 13.3. The van der Waals surface area contributed by atoms with Gasteiger partial charge in [-0.3, -0.25) is 4.79 Å². The number of carbonyl (C=O) groups is 2. The molecule has 1 aliphatic heterocycles. The molecule has 1 aromatic heterocycles. The van der Waals surface area contributed by atoms with Crippen molar-refractivity contribution in [2.24, 2.45) is 5.92 Å². The summed E-state index contributed by atoms with van der Waals surface area (Å²) in [6.45, 7) is 2.02. The van der Waals surface area contributed by atoms with Crippen molar-refractivity contribution < 1.29 is 9.59 Å². The van der Waals surface area contributed by atoms with E-state index in [1.165, 1.54) is 30.2 Å². The lowest BCUT2D eigenvalue weighted by molar-refractivity contribution is -0.128. The highest BCUT2D eigenvalue weighted by atomic mass is 16.2. The van der Waals surface area contributed by atoms with Crippen LogP contribution in [-0.4, -0.2) is 32.7 Å². The van der Waals surface area contributed by atoms with Crippen LogP contribution in [0.25, 0.3) is 0 Å². The summed E-state index contributed by atoms with van der Waals surface area (Å²) in [5, 5.41) is 10.1. The molecule has 1 saturated carbocycles. The predicted octanol–water partition coefficient (Wildman–Crippen LogP) is 1.96. The van der Waals surface area contributed by atoms with Gasteiger partial charge in [-0.1, -0.05) is 19.3 Å². The van der Waals surface area contributed by atoms with Crippen molar-refractivity contribution in [3.8, 4) is 0 Å². The maximum Gasteiger partial charge on any atom is 0.327 e. The first-order valence-corrected chi connectivity index (χ1v) is 8.22. The maximum absolute atomic E-state index is 12.6. The second-order valence-corrected chi connectivity index (χ2v) is 6.20. The SMILES string of the molecule is C[C@H](NC(=O)N1C(=O)C=CNC1n1cccn1)C1CCCCC1. The standard InChI is InChI=1S/C16H23N5O2/c1-12(13-6-3-2-4-7-13)19-16(23)21-14(22)8-10-17-15(21)20-11-5-9-18-20/h5,8-13,15,17H,2-4,6-7H2,1H3,(H,19,23)/t12-,15?/m0/s1. The van der Waals surface area contributed by atoms with Crippen LogP contribution in [0.5, 0.6) is 0 Å². The summed E-state index contributed by atoms with van der Waals surface area (Å²) in [7, 11) is 0. The van der Waals surface area contributed by atoms with Crippen molar-refractivity contribution in [2.45, 2.75) is 51.4 Å². The number of urea groups is 1. The fourth-order valence-electron chi connectivity index (χ4n) is 3.33. The average molecular weight is 317 g/mol. The lowest BCUT2D eigenvalue weighted by Gasteiger charge is -2.34. The molecule has 2 aliphatic rings. The van der Waals surface area contributed by atoms with Gasteiger partial charge < -0.3 is 10.6 Å². The highest BCUT2D eigenvalue weighted by Crippen LogP contribution is 2.26. The summed E-state index contributed by atoms with van der Waals surface area (Å²) in [6, 6.07) is 1.43. The number of imide groups is 1. The topological polar surface area (TPSA) is 79.3 Å². The van der Waals surface area contributed by atoms with Crippen LogP contribution in [0, 0.1) is 5.92 Å². The van der Waals surface area contributed by atoms with E-state index in [1.54, 1.807) is 29.3 Å². The minimum Gasteiger partial charge on any atom is -0.352 e. The fraction of sp³-hybridized carbons (Fsp3) is 0.562. The van der Waals surface area contributed by atoms with E-state index in [0.29, 0.717) is 5.92 Å². The van der Waals surface area contributed by atoms with Gasteiger partial charge in [0.05, 0.1) is 0 Å². The van der Waals surface area contributed by atoms with Gasteiger partial charge >= 0.3 is 6.03 Å². The molecule has 0 saturated heterocycles. The van der Waals surface area contributed by atoms with Crippen LogP contribution < -0.4 is 10.6 Å². The zero-order chi connectivity index (χ0) is 16.2. The van der Waals surface area contributed by atoms with Gasteiger partial charge in [-0.05, 0) is 31.7 Å². The largest absolute Gasteiger partial charge is 0.352 e. The minimum atomic E-state index is -0.638. The predicted molar refractivity (Wildman–Crippen MR) is 85.0 cm³/mol. The highest BCUT2D eigenvalue weighted by molar-refractivity contribution is 6.01. The number of rotatable bonds is 3. The summed E-state index contributed by atoms with van der Waals surface area (Å²) in [5.41, 5.74) is 0. The summed E-state index contributed by atoms with van der Waals surface area (Å²) in [5.74, 6) is 0.136. The third-order valence-electron chi connectivity index (χ3n) is 4.66. The molecule has 124 valence electrons. The van der Waals surface area contributed by atoms with Crippen LogP contribution in [0.3, 0.4) is 0 Å². The lowest BCUT2D eigenvalue weighted by Crippen LogP contribution is -2.55. The maximum atomic E-state index is 12.6. The van der Waals surface area contributed by atoms with Crippen molar-refractivity contribution in [2.75, 3.05) is 0 Å². The molecule has 0 spiro atoms. The lowest BCUT2D eigenvalue weighted by atomic mass is 9.84. The number of nitrogens with one attached hydrogen (secondary N) is 2.